The van der Waals surface area contributed by atoms with Crippen molar-refractivity contribution in [3.63, 3.8) is 0 Å². The number of phenolic OH excluding ortho intramolecular Hbond substituents is 1. The van der Waals surface area contributed by atoms with Crippen molar-refractivity contribution in [2.24, 2.45) is 0 Å². The highest BCUT2D eigenvalue weighted by molar-refractivity contribution is 5.62. The number of phenols is 1. The fraction of sp³-hybridized carbons (Fsp3) is 0.647. The van der Waals surface area contributed by atoms with E-state index in [1.165, 1.54) is 5.56 Å². The highest BCUT2D eigenvalue weighted by Crippen LogP contribution is 2.68. The first-order valence-corrected chi connectivity index (χ1v) is 8.41. The number of hydrogen-bond acceptors (Lipinski definition) is 6. The van der Waals surface area contributed by atoms with Gasteiger partial charge < -0.3 is 14.6 Å². The van der Waals surface area contributed by atoms with Crippen LogP contribution >= 0.6 is 0 Å². The third kappa shape index (κ3) is 1.16. The second-order valence-corrected chi connectivity index (χ2v) is 7.59. The van der Waals surface area contributed by atoms with Gasteiger partial charge in [0, 0.05) is 18.2 Å². The van der Waals surface area contributed by atoms with Crippen LogP contribution in [0, 0.1) is 0 Å². The molecule has 2 spiro atoms. The fourth-order valence-electron chi connectivity index (χ4n) is 6.31. The summed E-state index contributed by atoms with van der Waals surface area (Å²) in [5.74, 6) is 0.761. The molecule has 6 atom stereocenters. The summed E-state index contributed by atoms with van der Waals surface area (Å²) in [5, 5.41) is 19.8. The van der Waals surface area contributed by atoms with E-state index in [9.17, 15) is 10.4 Å². The van der Waals surface area contributed by atoms with E-state index in [-0.39, 0.29) is 29.0 Å². The van der Waals surface area contributed by atoms with Crippen LogP contribution in [0.3, 0.4) is 0 Å². The Morgan fingerprint density at radius 3 is 3.09 bits per heavy atom. The van der Waals surface area contributed by atoms with Gasteiger partial charge in [0.15, 0.2) is 11.5 Å². The predicted octanol–water partition coefficient (Wildman–Crippen LogP) is 1.40. The summed E-state index contributed by atoms with van der Waals surface area (Å²) in [7, 11) is 0. The SMILES string of the molecule is OOC1CC[C@]23OCN4CC[C@@]25c2c(ccc(O)c2O[C@@H]15)C[C@@H]43. The van der Waals surface area contributed by atoms with Crippen molar-refractivity contribution in [3.05, 3.63) is 23.3 Å². The van der Waals surface area contributed by atoms with Gasteiger partial charge in [-0.3, -0.25) is 10.2 Å². The van der Waals surface area contributed by atoms with Gasteiger partial charge in [-0.05, 0) is 37.3 Å². The second-order valence-electron chi connectivity index (χ2n) is 7.59. The number of rotatable bonds is 1. The van der Waals surface area contributed by atoms with Crippen LogP contribution in [-0.2, 0) is 21.5 Å². The maximum Gasteiger partial charge on any atom is 0.165 e. The molecule has 0 radical (unpaired) electrons. The van der Waals surface area contributed by atoms with Crippen LogP contribution in [0.25, 0.3) is 0 Å². The number of aromatic hydroxyl groups is 1. The summed E-state index contributed by atoms with van der Waals surface area (Å²) in [6, 6.07) is 4.10. The molecule has 122 valence electrons. The lowest BCUT2D eigenvalue weighted by atomic mass is 9.49. The first-order chi connectivity index (χ1) is 11.2. The molecule has 4 bridgehead atoms. The topological polar surface area (TPSA) is 71.4 Å². The first-order valence-electron chi connectivity index (χ1n) is 8.41. The quantitative estimate of drug-likeness (QED) is 0.603. The number of hydrogen-bond donors (Lipinski definition) is 2. The van der Waals surface area contributed by atoms with Gasteiger partial charge in [-0.2, -0.15) is 0 Å². The Hall–Kier alpha value is -1.34. The number of piperidine rings is 1. The Morgan fingerprint density at radius 1 is 1.30 bits per heavy atom. The van der Waals surface area contributed by atoms with Crippen molar-refractivity contribution in [1.29, 1.82) is 0 Å². The van der Waals surface area contributed by atoms with Crippen LogP contribution in [0.15, 0.2) is 12.1 Å². The van der Waals surface area contributed by atoms with Crippen molar-refractivity contribution in [2.45, 2.75) is 54.9 Å². The molecule has 0 aromatic heterocycles. The lowest BCUT2D eigenvalue weighted by Crippen LogP contribution is -2.74. The lowest BCUT2D eigenvalue weighted by Gasteiger charge is -2.60. The van der Waals surface area contributed by atoms with Crippen LogP contribution in [0.5, 0.6) is 11.5 Å². The zero-order chi connectivity index (χ0) is 15.4. The van der Waals surface area contributed by atoms with Gasteiger partial charge in [0.2, 0.25) is 0 Å². The molecule has 2 saturated heterocycles. The molecule has 2 N–H and O–H groups in total. The van der Waals surface area contributed by atoms with Gasteiger partial charge in [0.1, 0.15) is 18.9 Å². The summed E-state index contributed by atoms with van der Waals surface area (Å²) < 4.78 is 12.7. The third-order valence-electron chi connectivity index (χ3n) is 7.10. The minimum atomic E-state index is -0.380. The maximum atomic E-state index is 10.4. The van der Waals surface area contributed by atoms with Crippen LogP contribution in [0.2, 0.25) is 0 Å². The van der Waals surface area contributed by atoms with Gasteiger partial charge in [-0.1, -0.05) is 6.07 Å². The number of ether oxygens (including phenoxy) is 2. The third-order valence-corrected chi connectivity index (χ3v) is 7.10. The molecule has 1 aromatic carbocycles. The average Bonchev–Trinajstić information content (AvgIpc) is 3.02. The molecule has 6 rings (SSSR count). The highest BCUT2D eigenvalue weighted by atomic mass is 17.1. The molecule has 23 heavy (non-hydrogen) atoms. The Labute approximate surface area is 133 Å². The normalized spacial score (nSPS) is 48.0. The van der Waals surface area contributed by atoms with Gasteiger partial charge >= 0.3 is 0 Å². The van der Waals surface area contributed by atoms with E-state index in [4.69, 9.17) is 14.4 Å². The number of benzene rings is 1. The van der Waals surface area contributed by atoms with Crippen LogP contribution < -0.4 is 4.74 Å². The van der Waals surface area contributed by atoms with Gasteiger partial charge in [0.05, 0.1) is 11.0 Å². The summed E-state index contributed by atoms with van der Waals surface area (Å²) in [4.78, 5) is 7.24. The molecule has 3 heterocycles. The minimum absolute atomic E-state index is 0.179. The van der Waals surface area contributed by atoms with Crippen molar-refractivity contribution >= 4 is 0 Å². The summed E-state index contributed by atoms with van der Waals surface area (Å²) in [6.07, 6.45) is 2.73. The van der Waals surface area contributed by atoms with Crippen LogP contribution in [0.1, 0.15) is 30.4 Å². The molecular formula is C17H19NO5. The maximum absolute atomic E-state index is 10.4. The molecule has 3 fully saturated rings. The molecule has 0 amide bonds. The zero-order valence-corrected chi connectivity index (χ0v) is 12.7. The molecule has 6 heteroatoms. The van der Waals surface area contributed by atoms with E-state index in [0.717, 1.165) is 31.4 Å². The molecule has 1 aromatic rings. The molecule has 3 aliphatic heterocycles. The minimum Gasteiger partial charge on any atom is -0.504 e. The molecule has 5 aliphatic rings. The van der Waals surface area contributed by atoms with E-state index in [1.54, 1.807) is 6.07 Å². The Kier molecular flexibility index (Phi) is 2.17. The average molecular weight is 317 g/mol. The Bertz CT molecular complexity index is 723. The van der Waals surface area contributed by atoms with Crippen molar-refractivity contribution in [3.8, 4) is 11.5 Å². The van der Waals surface area contributed by atoms with Crippen LogP contribution in [0.4, 0.5) is 0 Å². The van der Waals surface area contributed by atoms with Crippen molar-refractivity contribution < 1.29 is 24.7 Å². The summed E-state index contributed by atoms with van der Waals surface area (Å²) >= 11 is 0. The highest BCUT2D eigenvalue weighted by Gasteiger charge is 2.76. The van der Waals surface area contributed by atoms with E-state index >= 15 is 0 Å². The van der Waals surface area contributed by atoms with E-state index in [2.05, 4.69) is 4.90 Å². The largest absolute Gasteiger partial charge is 0.504 e. The standard InChI is InChI=1S/C17H19NO5/c19-10-2-1-9-7-12-17-4-3-11(23-20)15-16(17,13(9)14(10)22-15)5-6-18(12)8-21-17/h1-2,11-12,15,19-20H,3-8H2/t11?,12-,15+,16+,17-/m1/s1. The molecular weight excluding hydrogens is 298 g/mol. The lowest BCUT2D eigenvalue weighted by molar-refractivity contribution is -0.317. The smallest absolute Gasteiger partial charge is 0.165 e. The molecule has 1 saturated carbocycles. The molecule has 2 aliphatic carbocycles. The predicted molar refractivity (Wildman–Crippen MR) is 78.4 cm³/mol. The Morgan fingerprint density at radius 2 is 2.22 bits per heavy atom. The van der Waals surface area contributed by atoms with Gasteiger partial charge in [-0.25, -0.2) is 4.89 Å². The van der Waals surface area contributed by atoms with E-state index in [0.29, 0.717) is 24.9 Å². The second kappa shape index (κ2) is 3.83. The Balaban J connectivity index is 1.70. The first kappa shape index (κ1) is 13.0. The van der Waals surface area contributed by atoms with Crippen LogP contribution in [-0.4, -0.2) is 52.4 Å². The molecule has 6 nitrogen and oxygen atoms in total. The summed E-state index contributed by atoms with van der Waals surface area (Å²) in [6.45, 7) is 1.62. The summed E-state index contributed by atoms with van der Waals surface area (Å²) in [5.41, 5.74) is 1.76. The van der Waals surface area contributed by atoms with E-state index in [1.807, 2.05) is 6.07 Å². The molecule has 2 unspecified atom stereocenters. The van der Waals surface area contributed by atoms with Crippen molar-refractivity contribution in [1.82, 2.24) is 4.90 Å². The zero-order valence-electron chi connectivity index (χ0n) is 12.7. The monoisotopic (exact) mass is 317 g/mol. The number of nitrogens with zero attached hydrogens (tertiary/aromatic N) is 1. The van der Waals surface area contributed by atoms with Gasteiger partial charge in [-0.15, -0.1) is 0 Å². The van der Waals surface area contributed by atoms with Crippen molar-refractivity contribution in [2.75, 3.05) is 13.3 Å². The fourth-order valence-corrected chi connectivity index (χ4v) is 6.31. The van der Waals surface area contributed by atoms with Gasteiger partial charge in [0.25, 0.3) is 0 Å². The van der Waals surface area contributed by atoms with E-state index < -0.39 is 0 Å².